The number of aryl methyl sites for hydroxylation is 1. The number of fused-ring (bicyclic) bond motifs is 1. The van der Waals surface area contributed by atoms with Crippen LogP contribution < -0.4 is 10.1 Å². The molecule has 35 heavy (non-hydrogen) atoms. The van der Waals surface area contributed by atoms with E-state index in [1.54, 1.807) is 31.4 Å². The molecule has 9 nitrogen and oxygen atoms in total. The average molecular weight is 484 g/mol. The van der Waals surface area contributed by atoms with E-state index in [0.717, 1.165) is 30.7 Å². The van der Waals surface area contributed by atoms with E-state index in [0.29, 0.717) is 62.8 Å². The van der Waals surface area contributed by atoms with Crippen molar-refractivity contribution in [1.82, 2.24) is 15.1 Å². The number of amides is 1. The molecule has 9 heteroatoms. The van der Waals surface area contributed by atoms with Crippen molar-refractivity contribution in [2.24, 2.45) is 10.8 Å². The third-order valence-electron chi connectivity index (χ3n) is 7.53. The summed E-state index contributed by atoms with van der Waals surface area (Å²) in [5, 5.41) is 8.02. The van der Waals surface area contributed by atoms with Crippen LogP contribution in [0.15, 0.2) is 24.3 Å². The minimum absolute atomic E-state index is 0.0237. The van der Waals surface area contributed by atoms with Gasteiger partial charge in [0, 0.05) is 19.8 Å². The van der Waals surface area contributed by atoms with Crippen molar-refractivity contribution in [3.8, 4) is 5.75 Å². The second-order valence-corrected chi connectivity index (χ2v) is 10.1. The Bertz CT molecular complexity index is 1100. The lowest BCUT2D eigenvalue weighted by Crippen LogP contribution is -2.50. The zero-order valence-electron chi connectivity index (χ0n) is 20.4. The molecular weight excluding hydrogens is 450 g/mol. The Morgan fingerprint density at radius 3 is 2.71 bits per heavy atom. The lowest BCUT2D eigenvalue weighted by molar-refractivity contribution is -0.148. The number of nitrogens with one attached hydrogen (secondary N) is 1. The number of rotatable bonds is 7. The van der Waals surface area contributed by atoms with Crippen LogP contribution in [0.4, 0.5) is 0 Å². The first-order valence-corrected chi connectivity index (χ1v) is 12.3. The maximum Gasteiger partial charge on any atom is 0.338 e. The van der Waals surface area contributed by atoms with Crippen LogP contribution >= 0.6 is 0 Å². The highest BCUT2D eigenvalue weighted by Crippen LogP contribution is 2.39. The molecule has 1 spiro atoms. The smallest absolute Gasteiger partial charge is 0.338 e. The Balaban J connectivity index is 1.38. The van der Waals surface area contributed by atoms with Gasteiger partial charge in [-0.3, -0.25) is 9.48 Å². The van der Waals surface area contributed by atoms with E-state index in [9.17, 15) is 9.59 Å². The number of carbonyl (C=O) groups is 2. The van der Waals surface area contributed by atoms with Crippen LogP contribution in [-0.4, -0.2) is 68.3 Å². The van der Waals surface area contributed by atoms with Crippen molar-refractivity contribution in [2.45, 2.75) is 39.2 Å². The minimum Gasteiger partial charge on any atom is -0.497 e. The molecule has 188 valence electrons. The fourth-order valence-corrected chi connectivity index (χ4v) is 5.28. The van der Waals surface area contributed by atoms with E-state index >= 15 is 0 Å². The summed E-state index contributed by atoms with van der Waals surface area (Å²) in [7, 11) is 1.56. The van der Waals surface area contributed by atoms with E-state index in [2.05, 4.69) is 5.32 Å². The van der Waals surface area contributed by atoms with Crippen LogP contribution in [0.25, 0.3) is 0 Å². The molecule has 3 aliphatic heterocycles. The van der Waals surface area contributed by atoms with Crippen LogP contribution in [0.5, 0.6) is 5.75 Å². The lowest BCUT2D eigenvalue weighted by Gasteiger charge is -2.41. The van der Waals surface area contributed by atoms with Gasteiger partial charge in [-0.1, -0.05) is 13.0 Å². The molecule has 1 N–H and O–H groups in total. The predicted molar refractivity (Wildman–Crippen MR) is 127 cm³/mol. The van der Waals surface area contributed by atoms with Crippen LogP contribution in [-0.2, 0) is 33.6 Å². The molecule has 2 fully saturated rings. The summed E-state index contributed by atoms with van der Waals surface area (Å²) in [4.78, 5) is 25.8. The van der Waals surface area contributed by atoms with E-state index in [-0.39, 0.29) is 23.3 Å². The normalized spacial score (nSPS) is 20.3. The molecule has 1 aromatic carbocycles. The molecule has 5 rings (SSSR count). The van der Waals surface area contributed by atoms with Gasteiger partial charge in [-0.25, -0.2) is 4.79 Å². The van der Waals surface area contributed by atoms with Crippen LogP contribution in [0.1, 0.15) is 51.9 Å². The topological polar surface area (TPSA) is 101 Å². The lowest BCUT2D eigenvalue weighted by atomic mass is 9.76. The molecule has 0 saturated carbocycles. The second kappa shape index (κ2) is 9.62. The number of carbonyl (C=O) groups excluding carboxylic acids is 2. The number of esters is 1. The highest BCUT2D eigenvalue weighted by Gasteiger charge is 2.44. The molecule has 0 bridgehead atoms. The van der Waals surface area contributed by atoms with Crippen molar-refractivity contribution < 1.29 is 28.5 Å². The van der Waals surface area contributed by atoms with Gasteiger partial charge in [0.05, 0.1) is 54.8 Å². The Morgan fingerprint density at radius 2 is 2.03 bits per heavy atom. The molecule has 0 aliphatic carbocycles. The molecule has 3 aliphatic rings. The molecule has 1 amide bonds. The Kier molecular flexibility index (Phi) is 6.55. The van der Waals surface area contributed by atoms with Crippen LogP contribution in [0.3, 0.4) is 0 Å². The van der Waals surface area contributed by atoms with Gasteiger partial charge < -0.3 is 24.3 Å². The predicted octanol–water partition coefficient (Wildman–Crippen LogP) is 2.41. The maximum atomic E-state index is 13.1. The summed E-state index contributed by atoms with van der Waals surface area (Å²) in [5.41, 5.74) is 2.53. The zero-order valence-corrected chi connectivity index (χ0v) is 20.4. The number of benzene rings is 1. The summed E-state index contributed by atoms with van der Waals surface area (Å²) >= 11 is 0. The third kappa shape index (κ3) is 4.67. The first kappa shape index (κ1) is 23.8. The molecule has 2 aromatic rings. The van der Waals surface area contributed by atoms with Crippen LogP contribution in [0, 0.1) is 10.8 Å². The Morgan fingerprint density at radius 1 is 1.23 bits per heavy atom. The van der Waals surface area contributed by atoms with E-state index in [1.807, 2.05) is 11.6 Å². The van der Waals surface area contributed by atoms with Crippen molar-refractivity contribution in [2.75, 3.05) is 46.7 Å². The van der Waals surface area contributed by atoms with Crippen molar-refractivity contribution in [1.29, 1.82) is 0 Å². The highest BCUT2D eigenvalue weighted by atomic mass is 16.5. The first-order chi connectivity index (χ1) is 17.0. The van der Waals surface area contributed by atoms with Gasteiger partial charge in [-0.05, 0) is 49.3 Å². The van der Waals surface area contributed by atoms with Crippen LogP contribution in [0.2, 0.25) is 0 Å². The summed E-state index contributed by atoms with van der Waals surface area (Å²) in [6.07, 6.45) is 3.27. The summed E-state index contributed by atoms with van der Waals surface area (Å²) < 4.78 is 24.1. The Labute approximate surface area is 205 Å². The number of aromatic nitrogens is 2. The largest absolute Gasteiger partial charge is 0.497 e. The van der Waals surface area contributed by atoms with Gasteiger partial charge in [-0.2, -0.15) is 5.10 Å². The number of ether oxygens (including phenoxy) is 4. The fourth-order valence-electron chi connectivity index (χ4n) is 5.28. The average Bonchev–Trinajstić information content (AvgIpc) is 3.13. The second-order valence-electron chi connectivity index (χ2n) is 10.1. The number of hydrogen-bond acceptors (Lipinski definition) is 7. The highest BCUT2D eigenvalue weighted by molar-refractivity contribution is 5.97. The molecule has 1 aromatic heterocycles. The quantitative estimate of drug-likeness (QED) is 0.604. The van der Waals surface area contributed by atoms with Gasteiger partial charge in [0.1, 0.15) is 12.4 Å². The van der Waals surface area contributed by atoms with E-state index < -0.39 is 5.97 Å². The standard InChI is InChI=1S/C26H33N3O6/c1-3-20-22-21(12-25(13-27-23(22)30)7-9-33-10-8-25)29(28-20)14-26(15-34-16-26)17-35-24(31)18-5-4-6-19(11-18)32-2/h4-6,11H,3,7-10,12-17H2,1-2H3,(H,27,30). The van der Waals surface area contributed by atoms with Gasteiger partial charge in [-0.15, -0.1) is 0 Å². The first-order valence-electron chi connectivity index (χ1n) is 12.3. The maximum absolute atomic E-state index is 13.1. The molecule has 0 atom stereocenters. The fraction of sp³-hybridized carbons (Fsp3) is 0.577. The van der Waals surface area contributed by atoms with E-state index in [1.165, 1.54) is 0 Å². The minimum atomic E-state index is -0.399. The monoisotopic (exact) mass is 483 g/mol. The molecule has 0 unspecified atom stereocenters. The van der Waals surface area contributed by atoms with Crippen molar-refractivity contribution in [3.63, 3.8) is 0 Å². The van der Waals surface area contributed by atoms with Crippen molar-refractivity contribution >= 4 is 11.9 Å². The van der Waals surface area contributed by atoms with Gasteiger partial charge in [0.2, 0.25) is 0 Å². The number of methoxy groups -OCH3 is 1. The molecule has 0 radical (unpaired) electrons. The molecule has 4 heterocycles. The van der Waals surface area contributed by atoms with Crippen molar-refractivity contribution in [3.05, 3.63) is 46.8 Å². The SMILES string of the molecule is CCc1nn(CC2(COC(=O)c3cccc(OC)c3)COC2)c2c1C(=O)NCC1(CCOCC1)C2. The number of nitrogens with zero attached hydrogens (tertiary/aromatic N) is 2. The summed E-state index contributed by atoms with van der Waals surface area (Å²) in [6.45, 7) is 5.77. The van der Waals surface area contributed by atoms with E-state index in [4.69, 9.17) is 24.0 Å². The third-order valence-corrected chi connectivity index (χ3v) is 7.53. The summed E-state index contributed by atoms with van der Waals surface area (Å²) in [6, 6.07) is 6.93. The zero-order chi connectivity index (χ0) is 24.5. The molecular formula is C26H33N3O6. The molecule has 2 saturated heterocycles. The number of hydrogen-bond donors (Lipinski definition) is 1. The van der Waals surface area contributed by atoms with Gasteiger partial charge in [0.15, 0.2) is 0 Å². The summed E-state index contributed by atoms with van der Waals surface area (Å²) in [5.74, 6) is 0.159. The Hall–Kier alpha value is -2.91. The van der Waals surface area contributed by atoms with Gasteiger partial charge >= 0.3 is 5.97 Å². The van der Waals surface area contributed by atoms with Gasteiger partial charge in [0.25, 0.3) is 5.91 Å².